The highest BCUT2D eigenvalue weighted by Gasteiger charge is 2.57. The summed E-state index contributed by atoms with van der Waals surface area (Å²) in [5.41, 5.74) is 6.47. The third-order valence-corrected chi connectivity index (χ3v) is 12.5. The van der Waals surface area contributed by atoms with Gasteiger partial charge in [0.1, 0.15) is 134 Å². The summed E-state index contributed by atoms with van der Waals surface area (Å²) in [6, 6.07) is -1.73. The molecule has 0 aromatic carbocycles. The second-order valence-electron chi connectivity index (χ2n) is 16.8. The van der Waals surface area contributed by atoms with Crippen LogP contribution in [0, 0.1) is 0 Å². The van der Waals surface area contributed by atoms with E-state index in [1.165, 1.54) is 6.92 Å². The van der Waals surface area contributed by atoms with E-state index < -0.39 is 217 Å². The van der Waals surface area contributed by atoms with E-state index in [0.29, 0.717) is 0 Å². The van der Waals surface area contributed by atoms with E-state index >= 15 is 0 Å². The van der Waals surface area contributed by atoms with Gasteiger partial charge in [0.05, 0.1) is 45.2 Å². The molecule has 6 saturated heterocycles. The van der Waals surface area contributed by atoms with E-state index in [1.807, 2.05) is 0 Å². The minimum Gasteiger partial charge on any atom is -0.394 e. The summed E-state index contributed by atoms with van der Waals surface area (Å²) in [7, 11) is 0. The van der Waals surface area contributed by atoms with E-state index in [0.717, 1.165) is 0 Å². The average molecular weight is 974 g/mol. The predicted octanol–water partition coefficient (Wildman–Crippen LogP) is -13.1. The molecule has 0 spiro atoms. The lowest BCUT2D eigenvalue weighted by atomic mass is 9.94. The van der Waals surface area contributed by atoms with Gasteiger partial charge in [-0.05, 0) is 6.92 Å². The Kier molecular flexibility index (Phi) is 18.8. The number of hydrogen-bond donors (Lipinski definition) is 19. The maximum atomic E-state index is 11.5. The standard InChI is InChI=1S/C36H63NO29/c1-7-14(43)18(47)23(52)33(56-7)66-30-19(48)15(44)8(2-38)60-36(30)64-28-13(37)32(58-9(3-39)16(28)45)65-29-17(46)10(4-40)59-35(25(29)54)63-27-12(6-42)61-34(24(53)21(27)50)62-26-11(5-41)57-31(55)22(51)20(26)49/h7-36,38-55H,2-6,37H2,1H3/t7?,8?,9?,10?,11?,12?,13?,14?,15-,16-,17-,18?,19?,20?,21?,22?,23?,24?,25?,26+,27-,28?,29?,30?,31+,32?,33?,34-,35-,36-/m0/s1. The lowest BCUT2D eigenvalue weighted by molar-refractivity contribution is -0.392. The van der Waals surface area contributed by atoms with Crippen LogP contribution in [0.1, 0.15) is 6.92 Å². The molecule has 6 aliphatic rings. The molecule has 6 aliphatic heterocycles. The zero-order valence-electron chi connectivity index (χ0n) is 35.0. The summed E-state index contributed by atoms with van der Waals surface area (Å²) in [4.78, 5) is 0. The second-order valence-corrected chi connectivity index (χ2v) is 16.8. The van der Waals surface area contributed by atoms with Crippen LogP contribution < -0.4 is 5.73 Å². The first-order valence-corrected chi connectivity index (χ1v) is 21.1. The van der Waals surface area contributed by atoms with Gasteiger partial charge in [-0.2, -0.15) is 0 Å². The molecule has 30 nitrogen and oxygen atoms in total. The second kappa shape index (κ2) is 22.9. The van der Waals surface area contributed by atoms with Crippen molar-refractivity contribution in [2.75, 3.05) is 33.0 Å². The van der Waals surface area contributed by atoms with Crippen LogP contribution in [0.25, 0.3) is 0 Å². The van der Waals surface area contributed by atoms with Crippen LogP contribution in [0.15, 0.2) is 0 Å². The highest BCUT2D eigenvalue weighted by atomic mass is 16.8. The fraction of sp³-hybridized carbons (Fsp3) is 1.00. The molecule has 6 heterocycles. The molecule has 20 N–H and O–H groups in total. The topological polar surface area (TPSA) is 492 Å². The molecule has 386 valence electrons. The average Bonchev–Trinajstić information content (AvgIpc) is 3.30. The van der Waals surface area contributed by atoms with Gasteiger partial charge >= 0.3 is 0 Å². The van der Waals surface area contributed by atoms with Gasteiger partial charge in [-0.1, -0.05) is 0 Å². The lowest BCUT2D eigenvalue weighted by Gasteiger charge is -2.50. The molecule has 0 radical (unpaired) electrons. The number of aliphatic hydroxyl groups excluding tert-OH is 18. The van der Waals surface area contributed by atoms with Crippen molar-refractivity contribution < 1.29 is 144 Å². The van der Waals surface area contributed by atoms with Crippen LogP contribution in [0.4, 0.5) is 0 Å². The van der Waals surface area contributed by atoms with Crippen molar-refractivity contribution in [3.8, 4) is 0 Å². The number of hydrogen-bond acceptors (Lipinski definition) is 30. The van der Waals surface area contributed by atoms with Crippen molar-refractivity contribution in [3.05, 3.63) is 0 Å². The first kappa shape index (κ1) is 54.1. The van der Waals surface area contributed by atoms with Crippen molar-refractivity contribution in [3.63, 3.8) is 0 Å². The number of rotatable bonds is 15. The Morgan fingerprint density at radius 1 is 0.318 bits per heavy atom. The van der Waals surface area contributed by atoms with Crippen LogP contribution in [-0.4, -0.2) is 309 Å². The summed E-state index contributed by atoms with van der Waals surface area (Å²) in [6.45, 7) is -3.36. The maximum Gasteiger partial charge on any atom is 0.187 e. The van der Waals surface area contributed by atoms with Gasteiger partial charge in [0.25, 0.3) is 0 Å². The Morgan fingerprint density at radius 3 is 1.27 bits per heavy atom. The van der Waals surface area contributed by atoms with Gasteiger partial charge < -0.3 is 150 Å². The predicted molar refractivity (Wildman–Crippen MR) is 200 cm³/mol. The molecular weight excluding hydrogens is 910 g/mol. The van der Waals surface area contributed by atoms with Crippen molar-refractivity contribution in [2.24, 2.45) is 5.73 Å². The maximum absolute atomic E-state index is 11.5. The third-order valence-electron chi connectivity index (χ3n) is 12.5. The van der Waals surface area contributed by atoms with Gasteiger partial charge in [0.15, 0.2) is 37.7 Å². The Balaban J connectivity index is 1.18. The Morgan fingerprint density at radius 2 is 0.697 bits per heavy atom. The molecule has 21 unspecified atom stereocenters. The van der Waals surface area contributed by atoms with Gasteiger partial charge in [-0.3, -0.25) is 0 Å². The van der Waals surface area contributed by atoms with Gasteiger partial charge in [-0.25, -0.2) is 0 Å². The Labute approximate surface area is 373 Å². The monoisotopic (exact) mass is 973 g/mol. The van der Waals surface area contributed by atoms with Crippen molar-refractivity contribution >= 4 is 0 Å². The number of ether oxygens (including phenoxy) is 11. The third kappa shape index (κ3) is 10.8. The highest BCUT2D eigenvalue weighted by molar-refractivity contribution is 5.00. The first-order valence-electron chi connectivity index (χ1n) is 21.1. The van der Waals surface area contributed by atoms with Crippen molar-refractivity contribution in [2.45, 2.75) is 191 Å². The van der Waals surface area contributed by atoms with Crippen LogP contribution in [-0.2, 0) is 52.1 Å². The summed E-state index contributed by atoms with van der Waals surface area (Å²) >= 11 is 0. The molecule has 0 aromatic rings. The fourth-order valence-electron chi connectivity index (χ4n) is 8.49. The molecule has 30 heteroatoms. The molecule has 0 saturated carbocycles. The minimum atomic E-state index is -2.15. The Hall–Kier alpha value is -1.20. The van der Waals surface area contributed by atoms with E-state index in [2.05, 4.69) is 0 Å². The van der Waals surface area contributed by atoms with Gasteiger partial charge in [-0.15, -0.1) is 0 Å². The smallest absolute Gasteiger partial charge is 0.187 e. The van der Waals surface area contributed by atoms with Gasteiger partial charge in [0.2, 0.25) is 0 Å². The van der Waals surface area contributed by atoms with Crippen LogP contribution in [0.2, 0.25) is 0 Å². The summed E-state index contributed by atoms with van der Waals surface area (Å²) in [5, 5.41) is 190. The van der Waals surface area contributed by atoms with E-state index in [1.54, 1.807) is 0 Å². The number of nitrogens with two attached hydrogens (primary N) is 1. The number of aliphatic hydroxyl groups is 18. The zero-order chi connectivity index (χ0) is 48.6. The molecule has 66 heavy (non-hydrogen) atoms. The normalized spacial score (nSPS) is 54.0. The zero-order valence-corrected chi connectivity index (χ0v) is 35.0. The van der Waals surface area contributed by atoms with Crippen molar-refractivity contribution in [1.29, 1.82) is 0 Å². The van der Waals surface area contributed by atoms with Gasteiger partial charge in [0, 0.05) is 0 Å². The lowest BCUT2D eigenvalue weighted by Crippen LogP contribution is -2.69. The van der Waals surface area contributed by atoms with Crippen LogP contribution in [0.5, 0.6) is 0 Å². The summed E-state index contributed by atoms with van der Waals surface area (Å²) < 4.78 is 61.8. The quantitative estimate of drug-likeness (QED) is 0.0724. The first-order chi connectivity index (χ1) is 31.2. The summed E-state index contributed by atoms with van der Waals surface area (Å²) in [6.07, 6.45) is -52.9. The molecule has 0 bridgehead atoms. The fourth-order valence-corrected chi connectivity index (χ4v) is 8.49. The molecule has 0 aliphatic carbocycles. The van der Waals surface area contributed by atoms with E-state index in [4.69, 9.17) is 57.8 Å². The van der Waals surface area contributed by atoms with Crippen LogP contribution in [0.3, 0.4) is 0 Å². The molecule has 30 atom stereocenters. The highest BCUT2D eigenvalue weighted by Crippen LogP contribution is 2.36. The summed E-state index contributed by atoms with van der Waals surface area (Å²) in [5.74, 6) is 0. The van der Waals surface area contributed by atoms with E-state index in [-0.39, 0.29) is 0 Å². The largest absolute Gasteiger partial charge is 0.394 e. The Bertz CT molecular complexity index is 1490. The van der Waals surface area contributed by atoms with E-state index in [9.17, 15) is 91.9 Å². The molecule has 0 amide bonds. The molecule has 6 rings (SSSR count). The molecule has 6 fully saturated rings. The SMILES string of the molecule is CC1OC(OC2C(O)[C@@H](O)C(CO)O[C@H]2OC2C(N)C(OC3C(O)[C@H](O[C@H]4C(CO)O[C@@H](O[C@@H]5C(CO)O[C@@H](O)C(O)C5O)C(O)C4O)OC(CO)[C@@H]3O)OC(CO)[C@@H]2O)C(O)C(O)C1O. The molecular formula is C36H63NO29. The molecule has 0 aromatic heterocycles. The minimum absolute atomic E-state index is 0.860. The van der Waals surface area contributed by atoms with Crippen LogP contribution >= 0.6 is 0 Å². The van der Waals surface area contributed by atoms with Crippen molar-refractivity contribution in [1.82, 2.24) is 0 Å².